The first kappa shape index (κ1) is 12.5. The van der Waals surface area contributed by atoms with E-state index in [9.17, 15) is 13.2 Å². The molecule has 0 radical (unpaired) electrons. The molecule has 5 N–H and O–H groups in total. The van der Waals surface area contributed by atoms with E-state index in [1.165, 1.54) is 6.07 Å². The molecule has 0 atom stereocenters. The third kappa shape index (κ3) is 2.97. The van der Waals surface area contributed by atoms with Crippen LogP contribution in [0, 0.1) is 0 Å². The van der Waals surface area contributed by atoms with Crippen LogP contribution in [0.5, 0.6) is 5.75 Å². The molecule has 1 rings (SSSR count). The molecule has 1 aromatic heterocycles. The smallest absolute Gasteiger partial charge is 0.403 e. The first-order valence-electron chi connectivity index (χ1n) is 4.22. The molecule has 0 aromatic carbocycles. The Bertz CT molecular complexity index is 356. The number of hydrogen-bond donors (Lipinski definition) is 3. The van der Waals surface area contributed by atoms with Crippen molar-refractivity contribution in [2.75, 3.05) is 5.73 Å². The van der Waals surface area contributed by atoms with E-state index in [0.717, 1.165) is 0 Å². The number of nitrogens with zero attached hydrogens (tertiary/aromatic N) is 1. The molecule has 1 aromatic rings. The number of alkyl halides is 3. The lowest BCUT2D eigenvalue weighted by Crippen LogP contribution is -2.20. The van der Waals surface area contributed by atoms with Gasteiger partial charge in [0.15, 0.2) is 5.75 Å². The van der Waals surface area contributed by atoms with Crippen LogP contribution >= 0.6 is 0 Å². The molecule has 90 valence electrons. The fourth-order valence-corrected chi connectivity index (χ4v) is 1.17. The van der Waals surface area contributed by atoms with Gasteiger partial charge in [-0.2, -0.15) is 0 Å². The number of halogens is 3. The van der Waals surface area contributed by atoms with Gasteiger partial charge in [-0.3, -0.25) is 0 Å². The molecule has 0 unspecified atom stereocenters. The van der Waals surface area contributed by atoms with Crippen LogP contribution in [0.25, 0.3) is 0 Å². The highest BCUT2D eigenvalue weighted by Crippen LogP contribution is 2.30. The lowest BCUT2D eigenvalue weighted by atomic mass is 10.2. The van der Waals surface area contributed by atoms with Gasteiger partial charge in [0.1, 0.15) is 11.5 Å². The summed E-state index contributed by atoms with van der Waals surface area (Å²) < 4.78 is 40.0. The molecule has 0 spiro atoms. The second-order valence-corrected chi connectivity index (χ2v) is 2.89. The van der Waals surface area contributed by atoms with Crippen LogP contribution in [0.1, 0.15) is 11.3 Å². The van der Waals surface area contributed by atoms with Gasteiger partial charge in [0.2, 0.25) is 0 Å². The summed E-state index contributed by atoms with van der Waals surface area (Å²) >= 11 is 0. The quantitative estimate of drug-likeness (QED) is 0.712. The number of anilines is 1. The Morgan fingerprint density at radius 2 is 2.06 bits per heavy atom. The van der Waals surface area contributed by atoms with Gasteiger partial charge in [0.25, 0.3) is 0 Å². The van der Waals surface area contributed by atoms with Gasteiger partial charge in [0, 0.05) is 12.1 Å². The maximum Gasteiger partial charge on any atom is 0.573 e. The van der Waals surface area contributed by atoms with Crippen molar-refractivity contribution < 1.29 is 23.0 Å². The van der Waals surface area contributed by atoms with Gasteiger partial charge in [0.05, 0.1) is 6.61 Å². The van der Waals surface area contributed by atoms with Crippen molar-refractivity contribution in [1.29, 1.82) is 0 Å². The summed E-state index contributed by atoms with van der Waals surface area (Å²) in [5, 5.41) is 8.85. The van der Waals surface area contributed by atoms with Crippen molar-refractivity contribution in [2.45, 2.75) is 19.5 Å². The summed E-state index contributed by atoms with van der Waals surface area (Å²) in [7, 11) is 0. The Morgan fingerprint density at radius 3 is 2.50 bits per heavy atom. The van der Waals surface area contributed by atoms with E-state index in [-0.39, 0.29) is 23.6 Å². The minimum atomic E-state index is -4.87. The van der Waals surface area contributed by atoms with E-state index in [4.69, 9.17) is 16.6 Å². The van der Waals surface area contributed by atoms with Crippen LogP contribution in [-0.2, 0) is 13.2 Å². The number of pyridine rings is 1. The molecule has 0 aliphatic rings. The van der Waals surface area contributed by atoms with Crippen LogP contribution in [-0.4, -0.2) is 16.5 Å². The lowest BCUT2D eigenvalue weighted by Gasteiger charge is -2.15. The fraction of sp³-hybridized carbons (Fsp3) is 0.375. The van der Waals surface area contributed by atoms with Gasteiger partial charge >= 0.3 is 6.36 Å². The number of nitrogen functional groups attached to an aromatic ring is 1. The van der Waals surface area contributed by atoms with Crippen LogP contribution < -0.4 is 16.2 Å². The maximum absolute atomic E-state index is 12.1. The summed E-state index contributed by atoms with van der Waals surface area (Å²) in [5.74, 6) is -0.620. The summed E-state index contributed by atoms with van der Waals surface area (Å²) in [6.07, 6.45) is -4.87. The number of aromatic nitrogens is 1. The average molecular weight is 237 g/mol. The zero-order chi connectivity index (χ0) is 12.3. The number of nitrogens with two attached hydrogens (primary N) is 2. The number of aliphatic hydroxyl groups excluding tert-OH is 1. The molecule has 0 amide bonds. The minimum absolute atomic E-state index is 0.0287. The number of ether oxygens (including phenoxy) is 1. The first-order valence-corrected chi connectivity index (χ1v) is 4.22. The third-order valence-corrected chi connectivity index (χ3v) is 1.73. The topological polar surface area (TPSA) is 94.4 Å². The largest absolute Gasteiger partial charge is 0.573 e. The molecule has 0 bridgehead atoms. The normalized spacial score (nSPS) is 11.6. The third-order valence-electron chi connectivity index (χ3n) is 1.73. The summed E-state index contributed by atoms with van der Waals surface area (Å²) in [4.78, 5) is 3.53. The molecule has 8 heteroatoms. The van der Waals surface area contributed by atoms with Crippen molar-refractivity contribution in [3.63, 3.8) is 0 Å². The monoisotopic (exact) mass is 237 g/mol. The predicted octanol–water partition coefficient (Wildman–Crippen LogP) is 0.513. The van der Waals surface area contributed by atoms with Gasteiger partial charge in [-0.25, -0.2) is 4.98 Å². The Labute approximate surface area is 88.8 Å². The van der Waals surface area contributed by atoms with Crippen LogP contribution in [0.3, 0.4) is 0 Å². The van der Waals surface area contributed by atoms with Crippen LogP contribution in [0.15, 0.2) is 6.07 Å². The molecular weight excluding hydrogens is 227 g/mol. The molecule has 5 nitrogen and oxygen atoms in total. The van der Waals surface area contributed by atoms with Crippen LogP contribution in [0.2, 0.25) is 0 Å². The van der Waals surface area contributed by atoms with E-state index in [1.807, 2.05) is 0 Å². The van der Waals surface area contributed by atoms with Gasteiger partial charge in [-0.15, -0.1) is 13.2 Å². The minimum Gasteiger partial charge on any atom is -0.403 e. The number of rotatable bonds is 3. The Hall–Kier alpha value is -1.54. The zero-order valence-electron chi connectivity index (χ0n) is 8.08. The Kier molecular flexibility index (Phi) is 3.55. The van der Waals surface area contributed by atoms with E-state index < -0.39 is 18.7 Å². The van der Waals surface area contributed by atoms with Crippen LogP contribution in [0.4, 0.5) is 19.0 Å². The second kappa shape index (κ2) is 4.54. The van der Waals surface area contributed by atoms with Crippen molar-refractivity contribution in [3.8, 4) is 5.75 Å². The Morgan fingerprint density at radius 1 is 1.44 bits per heavy atom. The molecule has 1 heterocycles. The van der Waals surface area contributed by atoms with E-state index in [0.29, 0.717) is 0 Å². The number of hydrogen-bond acceptors (Lipinski definition) is 5. The zero-order valence-corrected chi connectivity index (χ0v) is 8.08. The number of aliphatic hydroxyl groups is 1. The molecule has 0 saturated carbocycles. The maximum atomic E-state index is 12.1. The highest BCUT2D eigenvalue weighted by atomic mass is 19.4. The SMILES string of the molecule is NCc1cc(N)nc(CO)c1OC(F)(F)F. The summed E-state index contributed by atoms with van der Waals surface area (Å²) in [5.41, 5.74) is 10.3. The fourth-order valence-electron chi connectivity index (χ4n) is 1.17. The average Bonchev–Trinajstić information content (AvgIpc) is 2.18. The van der Waals surface area contributed by atoms with Crippen molar-refractivity contribution in [2.24, 2.45) is 5.73 Å². The van der Waals surface area contributed by atoms with Gasteiger partial charge in [-0.1, -0.05) is 0 Å². The molecular formula is C8H10F3N3O2. The predicted molar refractivity (Wildman–Crippen MR) is 49.1 cm³/mol. The van der Waals surface area contributed by atoms with E-state index in [2.05, 4.69) is 9.72 Å². The van der Waals surface area contributed by atoms with Gasteiger partial charge in [-0.05, 0) is 6.07 Å². The molecule has 16 heavy (non-hydrogen) atoms. The molecule has 0 fully saturated rings. The Balaban J connectivity index is 3.22. The summed E-state index contributed by atoms with van der Waals surface area (Å²) in [6.45, 7) is -0.922. The van der Waals surface area contributed by atoms with E-state index >= 15 is 0 Å². The highest BCUT2D eigenvalue weighted by Gasteiger charge is 2.33. The highest BCUT2D eigenvalue weighted by molar-refractivity contribution is 5.45. The lowest BCUT2D eigenvalue weighted by molar-refractivity contribution is -0.275. The van der Waals surface area contributed by atoms with Crippen molar-refractivity contribution >= 4 is 5.82 Å². The standard InChI is InChI=1S/C8H10F3N3O2/c9-8(10,11)16-7-4(2-12)1-6(13)14-5(7)3-15/h1,15H,2-3,12H2,(H2,13,14). The molecule has 0 aliphatic heterocycles. The molecule has 0 saturated heterocycles. The van der Waals surface area contributed by atoms with Gasteiger partial charge < -0.3 is 21.3 Å². The first-order chi connectivity index (χ1) is 7.37. The van der Waals surface area contributed by atoms with E-state index in [1.54, 1.807) is 0 Å². The van der Waals surface area contributed by atoms with Crippen molar-refractivity contribution in [3.05, 3.63) is 17.3 Å². The second-order valence-electron chi connectivity index (χ2n) is 2.89. The van der Waals surface area contributed by atoms with Crippen molar-refractivity contribution in [1.82, 2.24) is 4.98 Å². The molecule has 0 aliphatic carbocycles. The summed E-state index contributed by atoms with van der Waals surface area (Å²) in [6, 6.07) is 1.17.